The molecule has 1 aromatic carbocycles. The highest BCUT2D eigenvalue weighted by atomic mass is 19.1. The Balaban J connectivity index is 2.52. The van der Waals surface area contributed by atoms with Crippen LogP contribution in [0.1, 0.15) is 16.1 Å². The van der Waals surface area contributed by atoms with Crippen molar-refractivity contribution in [3.05, 3.63) is 57.5 Å². The van der Waals surface area contributed by atoms with Gasteiger partial charge in [0.05, 0.1) is 4.92 Å². The number of hydrogen-bond acceptors (Lipinski definition) is 5. The number of nitrogens with zero attached hydrogens (tertiary/aromatic N) is 2. The Bertz CT molecular complexity index is 671. The van der Waals surface area contributed by atoms with Crippen molar-refractivity contribution in [2.24, 2.45) is 0 Å². The van der Waals surface area contributed by atoms with Crippen molar-refractivity contribution in [1.29, 1.82) is 0 Å². The van der Waals surface area contributed by atoms with Gasteiger partial charge in [0.25, 0.3) is 5.88 Å². The summed E-state index contributed by atoms with van der Waals surface area (Å²) in [4.78, 5) is 25.1. The maximum atomic E-state index is 13.2. The van der Waals surface area contributed by atoms with Crippen LogP contribution >= 0.6 is 0 Å². The van der Waals surface area contributed by atoms with Crippen molar-refractivity contribution in [3.63, 3.8) is 0 Å². The number of ether oxygens (including phenoxy) is 1. The molecule has 2 aromatic rings. The Kier molecular flexibility index (Phi) is 3.79. The van der Waals surface area contributed by atoms with Crippen LogP contribution < -0.4 is 4.74 Å². The van der Waals surface area contributed by atoms with Gasteiger partial charge in [-0.15, -0.1) is 0 Å². The fourth-order valence-electron chi connectivity index (χ4n) is 1.60. The lowest BCUT2D eigenvalue weighted by Gasteiger charge is -2.08. The lowest BCUT2D eigenvalue weighted by atomic mass is 10.2. The minimum Gasteiger partial charge on any atom is -0.478 e. The lowest BCUT2D eigenvalue weighted by Crippen LogP contribution is -2.03. The first-order valence-electron chi connectivity index (χ1n) is 5.71. The summed E-state index contributed by atoms with van der Waals surface area (Å²) < 4.78 is 18.4. The van der Waals surface area contributed by atoms with Crippen molar-refractivity contribution in [3.8, 4) is 11.6 Å². The van der Waals surface area contributed by atoms with Gasteiger partial charge in [-0.1, -0.05) is 0 Å². The van der Waals surface area contributed by atoms with Gasteiger partial charge in [-0.05, 0) is 25.1 Å². The normalized spacial score (nSPS) is 10.2. The second kappa shape index (κ2) is 5.53. The highest BCUT2D eigenvalue weighted by Crippen LogP contribution is 2.31. The van der Waals surface area contributed by atoms with Crippen molar-refractivity contribution >= 4 is 11.7 Å². The summed E-state index contributed by atoms with van der Waals surface area (Å²) in [7, 11) is 0. The van der Waals surface area contributed by atoms with E-state index in [1.54, 1.807) is 6.92 Å². The molecule has 0 aliphatic rings. The third-order valence-corrected chi connectivity index (χ3v) is 2.56. The van der Waals surface area contributed by atoms with E-state index >= 15 is 0 Å². The number of aromatic carboxylic acids is 1. The van der Waals surface area contributed by atoms with Crippen LogP contribution in [0.4, 0.5) is 10.1 Å². The molecule has 7 nitrogen and oxygen atoms in total. The van der Waals surface area contributed by atoms with E-state index in [2.05, 4.69) is 4.98 Å². The van der Waals surface area contributed by atoms with Crippen molar-refractivity contribution in [2.75, 3.05) is 0 Å². The molecule has 108 valence electrons. The molecule has 0 fully saturated rings. The largest absolute Gasteiger partial charge is 0.478 e. The molecule has 2 rings (SSSR count). The molecule has 1 aromatic heterocycles. The van der Waals surface area contributed by atoms with Gasteiger partial charge in [-0.25, -0.2) is 14.2 Å². The van der Waals surface area contributed by atoms with Gasteiger partial charge in [-0.3, -0.25) is 10.1 Å². The number of carboxylic acids is 1. The van der Waals surface area contributed by atoms with Crippen molar-refractivity contribution in [1.82, 2.24) is 4.98 Å². The average Bonchev–Trinajstić information content (AvgIpc) is 2.38. The fourth-order valence-corrected chi connectivity index (χ4v) is 1.60. The molecule has 0 atom stereocenters. The molecule has 0 amide bonds. The maximum Gasteiger partial charge on any atom is 0.339 e. The van der Waals surface area contributed by atoms with E-state index in [9.17, 15) is 19.3 Å². The Hall–Kier alpha value is -3.03. The van der Waals surface area contributed by atoms with E-state index in [1.165, 1.54) is 12.1 Å². The standard InChI is InChI=1S/C13H9FN2O5/c1-7-2-5-10(16(19)20)12(15-7)21-11-6-8(14)3-4-9(11)13(17)18/h2-6H,1H3,(H,17,18). The number of halogens is 1. The Morgan fingerprint density at radius 3 is 2.71 bits per heavy atom. The fraction of sp³-hybridized carbons (Fsp3) is 0.0769. The molecule has 0 aliphatic carbocycles. The average molecular weight is 292 g/mol. The Morgan fingerprint density at radius 2 is 2.10 bits per heavy atom. The lowest BCUT2D eigenvalue weighted by molar-refractivity contribution is -0.386. The van der Waals surface area contributed by atoms with Crippen molar-refractivity contribution < 1.29 is 24.0 Å². The van der Waals surface area contributed by atoms with Crippen LogP contribution in [0.5, 0.6) is 11.6 Å². The molecule has 0 saturated carbocycles. The zero-order chi connectivity index (χ0) is 15.6. The van der Waals surface area contributed by atoms with Crippen LogP contribution in [0.15, 0.2) is 30.3 Å². The van der Waals surface area contributed by atoms with Gasteiger partial charge in [-0.2, -0.15) is 0 Å². The van der Waals surface area contributed by atoms with E-state index in [-0.39, 0.29) is 11.3 Å². The summed E-state index contributed by atoms with van der Waals surface area (Å²) in [5.74, 6) is -2.83. The summed E-state index contributed by atoms with van der Waals surface area (Å²) in [6.07, 6.45) is 0. The number of pyridine rings is 1. The summed E-state index contributed by atoms with van der Waals surface area (Å²) in [6.45, 7) is 1.58. The molecule has 0 radical (unpaired) electrons. The van der Waals surface area contributed by atoms with Gasteiger partial charge < -0.3 is 9.84 Å². The van der Waals surface area contributed by atoms with Gasteiger partial charge >= 0.3 is 11.7 Å². The maximum absolute atomic E-state index is 13.2. The second-order valence-corrected chi connectivity index (χ2v) is 4.08. The van der Waals surface area contributed by atoms with E-state index in [4.69, 9.17) is 9.84 Å². The molecule has 8 heteroatoms. The number of carboxylic acid groups (broad SMARTS) is 1. The molecule has 0 unspecified atom stereocenters. The van der Waals surface area contributed by atoms with Crippen LogP contribution in [-0.2, 0) is 0 Å². The molecular weight excluding hydrogens is 283 g/mol. The van der Waals surface area contributed by atoms with E-state index in [0.29, 0.717) is 5.69 Å². The van der Waals surface area contributed by atoms with Crippen molar-refractivity contribution in [2.45, 2.75) is 6.92 Å². The molecule has 0 aliphatic heterocycles. The highest BCUT2D eigenvalue weighted by molar-refractivity contribution is 5.91. The number of carbonyl (C=O) groups is 1. The predicted molar refractivity (Wildman–Crippen MR) is 69.1 cm³/mol. The smallest absolute Gasteiger partial charge is 0.339 e. The van der Waals surface area contributed by atoms with Crippen LogP contribution in [0, 0.1) is 22.9 Å². The Labute approximate surface area is 117 Å². The minimum absolute atomic E-state index is 0.325. The third kappa shape index (κ3) is 3.11. The van der Waals surface area contributed by atoms with Crippen LogP contribution in [0.3, 0.4) is 0 Å². The SMILES string of the molecule is Cc1ccc([N+](=O)[O-])c(Oc2cc(F)ccc2C(=O)O)n1. The van der Waals surface area contributed by atoms with Crippen LogP contribution in [-0.4, -0.2) is 21.0 Å². The second-order valence-electron chi connectivity index (χ2n) is 4.08. The Morgan fingerprint density at radius 1 is 1.38 bits per heavy atom. The number of rotatable bonds is 4. The molecule has 1 N–H and O–H groups in total. The number of hydrogen-bond donors (Lipinski definition) is 1. The minimum atomic E-state index is -1.35. The van der Waals surface area contributed by atoms with E-state index in [0.717, 1.165) is 18.2 Å². The summed E-state index contributed by atoms with van der Waals surface area (Å²) in [5, 5.41) is 19.9. The topological polar surface area (TPSA) is 103 Å². The summed E-state index contributed by atoms with van der Waals surface area (Å²) in [5.41, 5.74) is -0.334. The van der Waals surface area contributed by atoms with E-state index in [1.807, 2.05) is 0 Å². The summed E-state index contributed by atoms with van der Waals surface area (Å²) in [6, 6.07) is 5.38. The summed E-state index contributed by atoms with van der Waals surface area (Å²) >= 11 is 0. The first-order chi connectivity index (χ1) is 9.88. The van der Waals surface area contributed by atoms with Crippen LogP contribution in [0.25, 0.3) is 0 Å². The molecule has 21 heavy (non-hydrogen) atoms. The van der Waals surface area contributed by atoms with E-state index < -0.39 is 28.3 Å². The van der Waals surface area contributed by atoms with Gasteiger partial charge in [0.2, 0.25) is 0 Å². The number of aryl methyl sites for hydroxylation is 1. The monoisotopic (exact) mass is 292 g/mol. The van der Waals surface area contributed by atoms with Gasteiger partial charge in [0.1, 0.15) is 17.1 Å². The predicted octanol–water partition coefficient (Wildman–Crippen LogP) is 2.93. The zero-order valence-electron chi connectivity index (χ0n) is 10.7. The van der Waals surface area contributed by atoms with Gasteiger partial charge in [0.15, 0.2) is 0 Å². The third-order valence-electron chi connectivity index (χ3n) is 2.56. The molecule has 0 spiro atoms. The highest BCUT2D eigenvalue weighted by Gasteiger charge is 2.21. The van der Waals surface area contributed by atoms with Gasteiger partial charge in [0, 0.05) is 17.8 Å². The quantitative estimate of drug-likeness (QED) is 0.686. The zero-order valence-corrected chi connectivity index (χ0v) is 10.7. The molecular formula is C13H9FN2O5. The molecule has 0 saturated heterocycles. The first kappa shape index (κ1) is 14.4. The number of aromatic nitrogens is 1. The molecule has 1 heterocycles. The number of benzene rings is 1. The molecule has 0 bridgehead atoms. The number of nitro groups is 1. The first-order valence-corrected chi connectivity index (χ1v) is 5.71. The van der Waals surface area contributed by atoms with Crippen LogP contribution in [0.2, 0.25) is 0 Å².